The van der Waals surface area contributed by atoms with Gasteiger partial charge in [0.25, 0.3) is 0 Å². The lowest BCUT2D eigenvalue weighted by Gasteiger charge is -2.19. The van der Waals surface area contributed by atoms with Crippen molar-refractivity contribution in [2.75, 3.05) is 7.11 Å². The van der Waals surface area contributed by atoms with Crippen LogP contribution >= 0.6 is 11.6 Å². The van der Waals surface area contributed by atoms with E-state index in [2.05, 4.69) is 0 Å². The lowest BCUT2D eigenvalue weighted by atomic mass is 9.88. The van der Waals surface area contributed by atoms with Crippen molar-refractivity contribution in [3.63, 3.8) is 0 Å². The van der Waals surface area contributed by atoms with Crippen LogP contribution in [-0.4, -0.2) is 18.2 Å². The van der Waals surface area contributed by atoms with Gasteiger partial charge in [-0.2, -0.15) is 0 Å². The number of rotatable bonds is 5. The molecule has 0 radical (unpaired) electrons. The SMILES string of the molecule is COc1ccc(Cl)cc1C(CC(=O)O)c1ccccc1. The molecule has 2 aromatic carbocycles. The van der Waals surface area contributed by atoms with Crippen LogP contribution in [0.1, 0.15) is 23.5 Å². The molecule has 0 aromatic heterocycles. The highest BCUT2D eigenvalue weighted by Gasteiger charge is 2.21. The summed E-state index contributed by atoms with van der Waals surface area (Å²) in [6.07, 6.45) is -0.0132. The van der Waals surface area contributed by atoms with Gasteiger partial charge in [0.2, 0.25) is 0 Å². The Kier molecular flexibility index (Phi) is 4.64. The third-order valence-corrected chi connectivity index (χ3v) is 3.38. The van der Waals surface area contributed by atoms with Gasteiger partial charge in [0.15, 0.2) is 0 Å². The van der Waals surface area contributed by atoms with Crippen LogP contribution < -0.4 is 4.74 Å². The molecule has 0 saturated heterocycles. The van der Waals surface area contributed by atoms with Gasteiger partial charge < -0.3 is 9.84 Å². The summed E-state index contributed by atoms with van der Waals surface area (Å²) in [5, 5.41) is 9.73. The minimum Gasteiger partial charge on any atom is -0.496 e. The van der Waals surface area contributed by atoms with Crippen LogP contribution in [0.4, 0.5) is 0 Å². The van der Waals surface area contributed by atoms with Crippen molar-refractivity contribution in [3.8, 4) is 5.75 Å². The van der Waals surface area contributed by atoms with E-state index < -0.39 is 5.97 Å². The van der Waals surface area contributed by atoms with Crippen LogP contribution in [0, 0.1) is 0 Å². The first kappa shape index (κ1) is 14.4. The molecule has 0 aliphatic rings. The molecule has 0 fully saturated rings. The maximum atomic E-state index is 11.2. The van der Waals surface area contributed by atoms with E-state index in [0.29, 0.717) is 10.8 Å². The van der Waals surface area contributed by atoms with Gasteiger partial charge in [-0.3, -0.25) is 4.79 Å². The number of carboxylic acids is 1. The van der Waals surface area contributed by atoms with Crippen LogP contribution in [0.15, 0.2) is 48.5 Å². The van der Waals surface area contributed by atoms with Crippen LogP contribution in [0.5, 0.6) is 5.75 Å². The summed E-state index contributed by atoms with van der Waals surface area (Å²) in [6, 6.07) is 14.8. The van der Waals surface area contributed by atoms with Crippen LogP contribution in [0.25, 0.3) is 0 Å². The summed E-state index contributed by atoms with van der Waals surface area (Å²) < 4.78 is 5.33. The number of hydrogen-bond donors (Lipinski definition) is 1. The highest BCUT2D eigenvalue weighted by atomic mass is 35.5. The zero-order chi connectivity index (χ0) is 14.5. The fraction of sp³-hybridized carbons (Fsp3) is 0.188. The molecule has 104 valence electrons. The molecule has 0 spiro atoms. The number of halogens is 1. The Labute approximate surface area is 122 Å². The molecular formula is C16H15ClO3. The van der Waals surface area contributed by atoms with Gasteiger partial charge >= 0.3 is 5.97 Å². The lowest BCUT2D eigenvalue weighted by molar-refractivity contribution is -0.137. The summed E-state index contributed by atoms with van der Waals surface area (Å²) in [7, 11) is 1.57. The Morgan fingerprint density at radius 2 is 1.95 bits per heavy atom. The zero-order valence-electron chi connectivity index (χ0n) is 11.0. The van der Waals surface area contributed by atoms with Gasteiger partial charge in [0.1, 0.15) is 5.75 Å². The standard InChI is InChI=1S/C16H15ClO3/c1-20-15-8-7-12(17)9-14(15)13(10-16(18)19)11-5-3-2-4-6-11/h2-9,13H,10H2,1H3,(H,18,19). The van der Waals surface area contributed by atoms with Gasteiger partial charge in [0, 0.05) is 16.5 Å². The van der Waals surface area contributed by atoms with Crippen molar-refractivity contribution in [1.29, 1.82) is 0 Å². The largest absolute Gasteiger partial charge is 0.496 e. The van der Waals surface area contributed by atoms with Crippen molar-refractivity contribution in [2.24, 2.45) is 0 Å². The number of carboxylic acid groups (broad SMARTS) is 1. The molecule has 2 aromatic rings. The topological polar surface area (TPSA) is 46.5 Å². The number of aliphatic carboxylic acids is 1. The molecule has 3 nitrogen and oxygen atoms in total. The molecule has 1 N–H and O–H groups in total. The first-order valence-corrected chi connectivity index (χ1v) is 6.59. The quantitative estimate of drug-likeness (QED) is 0.907. The number of methoxy groups -OCH3 is 1. The molecular weight excluding hydrogens is 276 g/mol. The molecule has 20 heavy (non-hydrogen) atoms. The highest BCUT2D eigenvalue weighted by molar-refractivity contribution is 6.30. The summed E-state index contributed by atoms with van der Waals surface area (Å²) in [6.45, 7) is 0. The summed E-state index contributed by atoms with van der Waals surface area (Å²) in [5.41, 5.74) is 1.71. The van der Waals surface area contributed by atoms with Crippen LogP contribution in [-0.2, 0) is 4.79 Å². The van der Waals surface area contributed by atoms with Gasteiger partial charge in [-0.25, -0.2) is 0 Å². The van der Waals surface area contributed by atoms with Gasteiger partial charge in [-0.1, -0.05) is 41.9 Å². The van der Waals surface area contributed by atoms with E-state index in [9.17, 15) is 4.79 Å². The summed E-state index contributed by atoms with van der Waals surface area (Å²) in [4.78, 5) is 11.2. The Hall–Kier alpha value is -2.00. The maximum Gasteiger partial charge on any atom is 0.304 e. The number of benzene rings is 2. The Balaban J connectivity index is 2.51. The Morgan fingerprint density at radius 1 is 1.25 bits per heavy atom. The molecule has 0 saturated carbocycles. The first-order valence-electron chi connectivity index (χ1n) is 6.22. The van der Waals surface area contributed by atoms with E-state index in [0.717, 1.165) is 11.1 Å². The fourth-order valence-corrected chi connectivity index (χ4v) is 2.43. The molecule has 0 bridgehead atoms. The molecule has 0 aliphatic carbocycles. The van der Waals surface area contributed by atoms with Gasteiger partial charge in [0.05, 0.1) is 13.5 Å². The molecule has 1 unspecified atom stereocenters. The third kappa shape index (κ3) is 3.31. The Bertz CT molecular complexity index is 596. The predicted molar refractivity (Wildman–Crippen MR) is 78.5 cm³/mol. The van der Waals surface area contributed by atoms with Crippen molar-refractivity contribution in [3.05, 3.63) is 64.7 Å². The minimum atomic E-state index is -0.860. The van der Waals surface area contributed by atoms with Gasteiger partial charge in [-0.15, -0.1) is 0 Å². The fourth-order valence-electron chi connectivity index (χ4n) is 2.24. The molecule has 2 rings (SSSR count). The van der Waals surface area contributed by atoms with Crippen molar-refractivity contribution in [1.82, 2.24) is 0 Å². The van der Waals surface area contributed by atoms with E-state index in [1.807, 2.05) is 30.3 Å². The number of carbonyl (C=O) groups is 1. The van der Waals surface area contributed by atoms with E-state index in [1.165, 1.54) is 0 Å². The predicted octanol–water partition coefficient (Wildman–Crippen LogP) is 3.96. The monoisotopic (exact) mass is 290 g/mol. The molecule has 0 aliphatic heterocycles. The first-order chi connectivity index (χ1) is 9.61. The van der Waals surface area contributed by atoms with Crippen LogP contribution in [0.2, 0.25) is 5.02 Å². The second-order valence-corrected chi connectivity index (χ2v) is 4.88. The second kappa shape index (κ2) is 6.44. The summed E-state index contributed by atoms with van der Waals surface area (Å²) >= 11 is 6.04. The molecule has 0 heterocycles. The van der Waals surface area contributed by atoms with Crippen LogP contribution in [0.3, 0.4) is 0 Å². The second-order valence-electron chi connectivity index (χ2n) is 4.45. The minimum absolute atomic E-state index is 0.0132. The maximum absolute atomic E-state index is 11.2. The number of ether oxygens (including phenoxy) is 1. The zero-order valence-corrected chi connectivity index (χ0v) is 11.8. The van der Waals surface area contributed by atoms with Gasteiger partial charge in [-0.05, 0) is 23.8 Å². The summed E-state index contributed by atoms with van der Waals surface area (Å²) in [5.74, 6) is -0.507. The average Bonchev–Trinajstić information content (AvgIpc) is 2.45. The average molecular weight is 291 g/mol. The van der Waals surface area contributed by atoms with E-state index in [1.54, 1.807) is 25.3 Å². The van der Waals surface area contributed by atoms with Crippen molar-refractivity contribution in [2.45, 2.75) is 12.3 Å². The number of hydrogen-bond acceptors (Lipinski definition) is 2. The molecule has 1 atom stereocenters. The Morgan fingerprint density at radius 3 is 2.55 bits per heavy atom. The normalized spacial score (nSPS) is 11.9. The highest BCUT2D eigenvalue weighted by Crippen LogP contribution is 2.36. The molecule has 0 amide bonds. The van der Waals surface area contributed by atoms with Crippen molar-refractivity contribution < 1.29 is 14.6 Å². The lowest BCUT2D eigenvalue weighted by Crippen LogP contribution is -2.09. The van der Waals surface area contributed by atoms with E-state index in [4.69, 9.17) is 21.4 Å². The molecule has 4 heteroatoms. The van der Waals surface area contributed by atoms with E-state index >= 15 is 0 Å². The van der Waals surface area contributed by atoms with E-state index in [-0.39, 0.29) is 12.3 Å². The smallest absolute Gasteiger partial charge is 0.304 e. The van der Waals surface area contributed by atoms with Crippen molar-refractivity contribution >= 4 is 17.6 Å². The third-order valence-electron chi connectivity index (χ3n) is 3.15.